The minimum absolute atomic E-state index is 0.0178. The van der Waals surface area contributed by atoms with E-state index in [2.05, 4.69) is 37.5 Å². The maximum Gasteiger partial charge on any atom is 0.250 e. The summed E-state index contributed by atoms with van der Waals surface area (Å²) in [5, 5.41) is 21.1. The number of anilines is 2. The largest absolute Gasteiger partial charge is 0.371 e. The van der Waals surface area contributed by atoms with Crippen molar-refractivity contribution >= 4 is 37.0 Å². The molecule has 2 aromatic rings. The molecule has 2 saturated heterocycles. The zero-order valence-corrected chi connectivity index (χ0v) is 28.7. The third-order valence-corrected chi connectivity index (χ3v) is 10.9. The number of primary amides is 1. The van der Waals surface area contributed by atoms with Crippen molar-refractivity contribution in [1.29, 1.82) is 5.26 Å². The molecule has 11 nitrogen and oxygen atoms in total. The summed E-state index contributed by atoms with van der Waals surface area (Å²) in [6, 6.07) is 12.0. The zero-order valence-electron chi connectivity index (χ0n) is 27.1. The molecule has 2 aromatic carbocycles. The second-order valence-corrected chi connectivity index (χ2v) is 16.5. The second kappa shape index (κ2) is 16.4. The van der Waals surface area contributed by atoms with Gasteiger partial charge in [-0.1, -0.05) is 27.7 Å². The maximum atomic E-state index is 11.9. The van der Waals surface area contributed by atoms with Gasteiger partial charge in [0.05, 0.1) is 20.9 Å². The summed E-state index contributed by atoms with van der Waals surface area (Å²) in [6.07, 6.45) is 6.90. The van der Waals surface area contributed by atoms with Crippen molar-refractivity contribution in [1.82, 2.24) is 0 Å². The van der Waals surface area contributed by atoms with Crippen molar-refractivity contribution in [2.24, 2.45) is 29.4 Å². The van der Waals surface area contributed by atoms with Gasteiger partial charge in [-0.05, 0) is 85.8 Å². The lowest BCUT2D eigenvalue weighted by atomic mass is 9.87. The SMILES string of the molecule is CC(C)[C@H]1CCCN(c2ccc(C#N)c(S(C)(=O)=O)c2)C1.CC(C)[C@H]1CCCN(c2ccc(C(N)=O)c(S(C)(=O)=O)c2)C1.OO. The van der Waals surface area contributed by atoms with Gasteiger partial charge in [-0.25, -0.2) is 16.8 Å². The molecule has 2 atom stereocenters. The van der Waals surface area contributed by atoms with Gasteiger partial charge < -0.3 is 15.5 Å². The molecule has 0 spiro atoms. The summed E-state index contributed by atoms with van der Waals surface area (Å²) in [7, 11) is -6.88. The molecular formula is C32H48N4O7S2. The van der Waals surface area contributed by atoms with E-state index in [-0.39, 0.29) is 20.9 Å². The third kappa shape index (κ3) is 10.4. The Kier molecular flexibility index (Phi) is 13.9. The molecule has 250 valence electrons. The molecule has 0 radical (unpaired) electrons. The molecule has 45 heavy (non-hydrogen) atoms. The van der Waals surface area contributed by atoms with Crippen LogP contribution in [0.25, 0.3) is 0 Å². The number of benzene rings is 2. The van der Waals surface area contributed by atoms with Crippen molar-refractivity contribution in [2.75, 3.05) is 48.5 Å². The molecule has 4 N–H and O–H groups in total. The second-order valence-electron chi connectivity index (χ2n) is 12.6. The number of amides is 1. The highest BCUT2D eigenvalue weighted by Gasteiger charge is 2.26. The number of carbonyl (C=O) groups is 1. The van der Waals surface area contributed by atoms with E-state index in [1.807, 2.05) is 12.1 Å². The highest BCUT2D eigenvalue weighted by atomic mass is 32.2. The average Bonchev–Trinajstić information content (AvgIpc) is 3.01. The van der Waals surface area contributed by atoms with E-state index in [0.717, 1.165) is 62.9 Å². The first-order valence-corrected chi connectivity index (χ1v) is 18.9. The lowest BCUT2D eigenvalue weighted by Gasteiger charge is -2.36. The first-order chi connectivity index (χ1) is 21.0. The van der Waals surface area contributed by atoms with E-state index in [4.69, 9.17) is 21.5 Å². The molecule has 0 aliphatic carbocycles. The van der Waals surface area contributed by atoms with Crippen molar-refractivity contribution in [2.45, 2.75) is 63.2 Å². The fraction of sp³-hybridized carbons (Fsp3) is 0.562. The van der Waals surface area contributed by atoms with Crippen LogP contribution in [0.2, 0.25) is 0 Å². The molecule has 13 heteroatoms. The summed E-state index contributed by atoms with van der Waals surface area (Å²) in [5.41, 5.74) is 7.31. The summed E-state index contributed by atoms with van der Waals surface area (Å²) >= 11 is 0. The minimum atomic E-state index is -3.50. The molecule has 2 aliphatic heterocycles. The van der Waals surface area contributed by atoms with Crippen LogP contribution < -0.4 is 15.5 Å². The highest BCUT2D eigenvalue weighted by Crippen LogP contribution is 2.31. The topological polar surface area (TPSA) is 182 Å². The van der Waals surface area contributed by atoms with Crippen LogP contribution in [-0.2, 0) is 19.7 Å². The Morgan fingerprint density at radius 2 is 1.24 bits per heavy atom. The monoisotopic (exact) mass is 664 g/mol. The number of nitrogens with two attached hydrogens (primary N) is 1. The predicted octanol–water partition coefficient (Wildman–Crippen LogP) is 4.91. The number of hydrogen-bond donors (Lipinski definition) is 3. The first-order valence-electron chi connectivity index (χ1n) is 15.1. The van der Waals surface area contributed by atoms with E-state index < -0.39 is 25.6 Å². The van der Waals surface area contributed by atoms with Crippen LogP contribution in [0.5, 0.6) is 0 Å². The predicted molar refractivity (Wildman–Crippen MR) is 177 cm³/mol. The standard InChI is InChI=1S/C16H24N2O3S.C16H22N2O2S.H2O2/c1-11(2)12-5-4-8-18(10-12)13-6-7-14(16(17)19)15(9-13)22(3,20)21;1-12(2)14-5-4-8-18(11-14)15-7-6-13(10-17)16(9-15)21(3,19)20;1-2/h6-7,9,11-12H,4-5,8,10H2,1-3H3,(H2,17,19);6-7,9,12,14H,4-5,8,11H2,1-3H3;1-2H/t12-;14-;/m00./s1. The molecule has 0 aromatic heterocycles. The number of nitrogens with zero attached hydrogens (tertiary/aromatic N) is 3. The normalized spacial score (nSPS) is 18.8. The number of piperidine rings is 2. The van der Waals surface area contributed by atoms with E-state index in [9.17, 15) is 21.6 Å². The maximum absolute atomic E-state index is 11.9. The fourth-order valence-electron chi connectivity index (χ4n) is 5.90. The average molecular weight is 665 g/mol. The van der Waals surface area contributed by atoms with Gasteiger partial charge >= 0.3 is 0 Å². The molecule has 0 saturated carbocycles. The van der Waals surface area contributed by atoms with Crippen LogP contribution in [0.15, 0.2) is 46.2 Å². The molecule has 0 bridgehead atoms. The lowest BCUT2D eigenvalue weighted by molar-refractivity contribution is -0.176. The Hall–Kier alpha value is -3.18. The first kappa shape index (κ1) is 38.0. The van der Waals surface area contributed by atoms with E-state index in [0.29, 0.717) is 23.7 Å². The van der Waals surface area contributed by atoms with Gasteiger partial charge in [-0.3, -0.25) is 15.3 Å². The number of nitriles is 1. The number of rotatable bonds is 7. The molecule has 4 rings (SSSR count). The number of hydrogen-bond acceptors (Lipinski definition) is 10. The highest BCUT2D eigenvalue weighted by molar-refractivity contribution is 7.91. The molecule has 1 amide bonds. The summed E-state index contributed by atoms with van der Waals surface area (Å²) in [6.45, 7) is 12.6. The smallest absolute Gasteiger partial charge is 0.250 e. The number of sulfone groups is 2. The fourth-order valence-corrected chi connectivity index (χ4v) is 7.65. The Labute approximate surface area is 268 Å². The van der Waals surface area contributed by atoms with Gasteiger partial charge in [-0.15, -0.1) is 0 Å². The minimum Gasteiger partial charge on any atom is -0.371 e. The van der Waals surface area contributed by atoms with Crippen LogP contribution in [0, 0.1) is 35.0 Å². The Bertz CT molecular complexity index is 1570. The van der Waals surface area contributed by atoms with E-state index >= 15 is 0 Å². The lowest BCUT2D eigenvalue weighted by Crippen LogP contribution is -2.37. The Morgan fingerprint density at radius 3 is 1.62 bits per heavy atom. The zero-order chi connectivity index (χ0) is 34.1. The van der Waals surface area contributed by atoms with Crippen LogP contribution in [0.1, 0.15) is 69.3 Å². The Morgan fingerprint density at radius 1 is 0.822 bits per heavy atom. The van der Waals surface area contributed by atoms with Gasteiger partial charge in [0.1, 0.15) is 6.07 Å². The van der Waals surface area contributed by atoms with Crippen molar-refractivity contribution in [3.8, 4) is 6.07 Å². The van der Waals surface area contributed by atoms with Crippen LogP contribution in [-0.4, -0.2) is 71.9 Å². The quantitative estimate of drug-likeness (QED) is 0.272. The molecule has 2 fully saturated rings. The van der Waals surface area contributed by atoms with Crippen molar-refractivity contribution < 1.29 is 32.1 Å². The van der Waals surface area contributed by atoms with E-state index in [1.165, 1.54) is 18.9 Å². The third-order valence-electron chi connectivity index (χ3n) is 8.65. The summed E-state index contributed by atoms with van der Waals surface area (Å²) < 4.78 is 47.6. The molecule has 2 heterocycles. The van der Waals surface area contributed by atoms with Crippen molar-refractivity contribution in [3.63, 3.8) is 0 Å². The Balaban J connectivity index is 0.000000297. The summed E-state index contributed by atoms with van der Waals surface area (Å²) in [4.78, 5) is 16.0. The van der Waals surface area contributed by atoms with Gasteiger partial charge in [0, 0.05) is 50.1 Å². The molecular weight excluding hydrogens is 617 g/mol. The summed E-state index contributed by atoms with van der Waals surface area (Å²) in [5.74, 6) is 1.75. The van der Waals surface area contributed by atoms with Gasteiger partial charge in [0.2, 0.25) is 5.91 Å². The van der Waals surface area contributed by atoms with Gasteiger partial charge in [0.25, 0.3) is 0 Å². The van der Waals surface area contributed by atoms with E-state index in [1.54, 1.807) is 24.3 Å². The van der Waals surface area contributed by atoms with Gasteiger partial charge in [-0.2, -0.15) is 5.26 Å². The van der Waals surface area contributed by atoms with Crippen LogP contribution in [0.3, 0.4) is 0 Å². The molecule has 0 unspecified atom stereocenters. The van der Waals surface area contributed by atoms with Crippen LogP contribution in [0.4, 0.5) is 11.4 Å². The van der Waals surface area contributed by atoms with Crippen LogP contribution >= 0.6 is 0 Å². The van der Waals surface area contributed by atoms with Crippen molar-refractivity contribution in [3.05, 3.63) is 47.5 Å². The number of carbonyl (C=O) groups excluding carboxylic acids is 1. The molecule has 2 aliphatic rings. The van der Waals surface area contributed by atoms with Gasteiger partial charge in [0.15, 0.2) is 19.7 Å².